The lowest BCUT2D eigenvalue weighted by Gasteiger charge is -2.13. The van der Waals surface area contributed by atoms with Crippen LogP contribution >= 0.6 is 43.6 Å². The molecule has 3 aromatic carbocycles. The molecule has 0 N–H and O–H groups in total. The van der Waals surface area contributed by atoms with E-state index in [2.05, 4.69) is 37.9 Å². The number of amides is 2. The smallest absolute Gasteiger partial charge is 0.293 e. The molecule has 0 unspecified atom stereocenters. The highest BCUT2D eigenvalue weighted by molar-refractivity contribution is 9.11. The third-order valence-electron chi connectivity index (χ3n) is 4.94. The predicted molar refractivity (Wildman–Crippen MR) is 135 cm³/mol. The summed E-state index contributed by atoms with van der Waals surface area (Å²) in [6.07, 6.45) is 1.64. The summed E-state index contributed by atoms with van der Waals surface area (Å²) in [6.45, 7) is 2.34. The second-order valence-electron chi connectivity index (χ2n) is 7.45. The number of benzene rings is 3. The highest BCUT2D eigenvalue weighted by Gasteiger charge is 2.35. The maximum atomic E-state index is 14.0. The zero-order chi connectivity index (χ0) is 23.5. The van der Waals surface area contributed by atoms with Crippen molar-refractivity contribution in [2.45, 2.75) is 20.1 Å². The van der Waals surface area contributed by atoms with E-state index >= 15 is 0 Å². The second-order valence-corrected chi connectivity index (χ2v) is 10.2. The Bertz CT molecular complexity index is 1260. The van der Waals surface area contributed by atoms with E-state index in [0.29, 0.717) is 32.4 Å². The van der Waals surface area contributed by atoms with Crippen LogP contribution in [0.25, 0.3) is 6.08 Å². The first-order valence-corrected chi connectivity index (χ1v) is 12.4. The molecule has 8 heteroatoms. The summed E-state index contributed by atoms with van der Waals surface area (Å²) in [4.78, 5) is 26.5. The Balaban J connectivity index is 1.51. The Morgan fingerprint density at radius 3 is 2.45 bits per heavy atom. The number of nitrogens with zero attached hydrogens (tertiary/aromatic N) is 1. The molecule has 0 bridgehead atoms. The van der Waals surface area contributed by atoms with Gasteiger partial charge < -0.3 is 4.74 Å². The van der Waals surface area contributed by atoms with Crippen LogP contribution in [0.5, 0.6) is 5.75 Å². The Labute approximate surface area is 212 Å². The van der Waals surface area contributed by atoms with Crippen LogP contribution in [0.1, 0.15) is 22.3 Å². The number of thioether (sulfide) groups is 1. The lowest BCUT2D eigenvalue weighted by atomic mass is 10.1. The van der Waals surface area contributed by atoms with Crippen LogP contribution in [-0.2, 0) is 17.9 Å². The molecule has 1 heterocycles. The van der Waals surface area contributed by atoms with Crippen LogP contribution < -0.4 is 4.74 Å². The van der Waals surface area contributed by atoms with E-state index in [1.807, 2.05) is 37.3 Å². The van der Waals surface area contributed by atoms with E-state index in [1.165, 1.54) is 6.07 Å². The molecule has 168 valence electrons. The standard InChI is InChI=1S/C25H18Br2FNO3S/c1-15-5-4-6-16(9-15)14-32-23-19(26)10-17(11-20(23)27)12-22-24(30)29(25(31)33-22)13-18-7-2-3-8-21(18)28/h2-12H,13-14H2,1H3/b22-12-. The summed E-state index contributed by atoms with van der Waals surface area (Å²) >= 11 is 7.90. The molecule has 1 aliphatic heterocycles. The average molecular weight is 591 g/mol. The predicted octanol–water partition coefficient (Wildman–Crippen LogP) is 7.47. The van der Waals surface area contributed by atoms with Gasteiger partial charge >= 0.3 is 0 Å². The van der Waals surface area contributed by atoms with Crippen LogP contribution in [-0.4, -0.2) is 16.0 Å². The third-order valence-corrected chi connectivity index (χ3v) is 7.03. The summed E-state index contributed by atoms with van der Waals surface area (Å²) < 4.78 is 21.4. The van der Waals surface area contributed by atoms with Crippen LogP contribution in [0.15, 0.2) is 74.5 Å². The first-order valence-electron chi connectivity index (χ1n) is 9.98. The second kappa shape index (κ2) is 10.2. The molecule has 0 saturated carbocycles. The van der Waals surface area contributed by atoms with E-state index in [-0.39, 0.29) is 11.4 Å². The van der Waals surface area contributed by atoms with Gasteiger partial charge in [-0.15, -0.1) is 0 Å². The monoisotopic (exact) mass is 589 g/mol. The normalized spacial score (nSPS) is 14.9. The molecule has 0 aromatic heterocycles. The number of halogens is 3. The number of ether oxygens (including phenoxy) is 1. The molecule has 33 heavy (non-hydrogen) atoms. The maximum Gasteiger partial charge on any atom is 0.293 e. The summed E-state index contributed by atoms with van der Waals surface area (Å²) in [5, 5.41) is -0.425. The number of imide groups is 1. The summed E-state index contributed by atoms with van der Waals surface area (Å²) in [5.41, 5.74) is 3.23. The van der Waals surface area contributed by atoms with Crippen LogP contribution in [0.2, 0.25) is 0 Å². The topological polar surface area (TPSA) is 46.6 Å². The number of hydrogen-bond acceptors (Lipinski definition) is 4. The highest BCUT2D eigenvalue weighted by Crippen LogP contribution is 2.38. The number of carbonyl (C=O) groups excluding carboxylic acids is 2. The van der Waals surface area contributed by atoms with E-state index in [4.69, 9.17) is 4.74 Å². The minimum atomic E-state index is -0.449. The van der Waals surface area contributed by atoms with E-state index in [9.17, 15) is 14.0 Å². The van der Waals surface area contributed by atoms with Crippen molar-refractivity contribution in [3.63, 3.8) is 0 Å². The summed E-state index contributed by atoms with van der Waals surface area (Å²) in [6, 6.07) is 17.8. The van der Waals surface area contributed by atoms with Gasteiger partial charge in [-0.1, -0.05) is 48.0 Å². The largest absolute Gasteiger partial charge is 0.487 e. The minimum absolute atomic E-state index is 0.103. The Hall–Kier alpha value is -2.42. The molecule has 0 spiro atoms. The Morgan fingerprint density at radius 2 is 1.76 bits per heavy atom. The molecule has 2 amide bonds. The SMILES string of the molecule is Cc1cccc(COc2c(Br)cc(/C=C3\SC(=O)N(Cc4ccccc4F)C3=O)cc2Br)c1. The van der Waals surface area contributed by atoms with Crippen molar-refractivity contribution in [1.82, 2.24) is 4.90 Å². The van der Waals surface area contributed by atoms with Gasteiger partial charge in [0.05, 0.1) is 20.4 Å². The third kappa shape index (κ3) is 5.57. The van der Waals surface area contributed by atoms with Gasteiger partial charge in [0.25, 0.3) is 11.1 Å². The van der Waals surface area contributed by atoms with Gasteiger partial charge in [0.15, 0.2) is 0 Å². The van der Waals surface area contributed by atoms with Gasteiger partial charge in [-0.2, -0.15) is 0 Å². The molecule has 4 nitrogen and oxygen atoms in total. The van der Waals surface area contributed by atoms with Crippen molar-refractivity contribution in [3.8, 4) is 5.75 Å². The van der Waals surface area contributed by atoms with Crippen molar-refractivity contribution in [2.75, 3.05) is 0 Å². The van der Waals surface area contributed by atoms with Crippen LogP contribution in [0, 0.1) is 12.7 Å². The number of hydrogen-bond donors (Lipinski definition) is 0. The van der Waals surface area contributed by atoms with Gasteiger partial charge in [0.2, 0.25) is 0 Å². The molecule has 4 rings (SSSR count). The van der Waals surface area contributed by atoms with Crippen molar-refractivity contribution in [3.05, 3.63) is 103 Å². The Kier molecular flexibility index (Phi) is 7.36. The van der Waals surface area contributed by atoms with Crippen molar-refractivity contribution >= 4 is 60.8 Å². The zero-order valence-corrected chi connectivity index (χ0v) is 21.5. The van der Waals surface area contributed by atoms with Crippen LogP contribution in [0.4, 0.5) is 9.18 Å². The average Bonchev–Trinajstić information content (AvgIpc) is 3.02. The molecule has 0 atom stereocenters. The van der Waals surface area contributed by atoms with Gasteiger partial charge in [-0.05, 0) is 85.9 Å². The molecular weight excluding hydrogens is 573 g/mol. The summed E-state index contributed by atoms with van der Waals surface area (Å²) in [7, 11) is 0. The lowest BCUT2D eigenvalue weighted by Crippen LogP contribution is -2.27. The minimum Gasteiger partial charge on any atom is -0.487 e. The number of rotatable bonds is 6. The fraction of sp³-hybridized carbons (Fsp3) is 0.120. The molecule has 0 aliphatic carbocycles. The molecule has 1 fully saturated rings. The molecule has 3 aromatic rings. The molecule has 1 aliphatic rings. The van der Waals surface area contributed by atoms with Gasteiger partial charge in [-0.3, -0.25) is 14.5 Å². The molecule has 1 saturated heterocycles. The first-order chi connectivity index (χ1) is 15.8. The number of aryl methyl sites for hydroxylation is 1. The Morgan fingerprint density at radius 1 is 1.03 bits per heavy atom. The van der Waals surface area contributed by atoms with E-state index < -0.39 is 17.0 Å². The van der Waals surface area contributed by atoms with E-state index in [0.717, 1.165) is 27.8 Å². The van der Waals surface area contributed by atoms with Crippen molar-refractivity contribution in [2.24, 2.45) is 0 Å². The van der Waals surface area contributed by atoms with Gasteiger partial charge in [0, 0.05) is 5.56 Å². The lowest BCUT2D eigenvalue weighted by molar-refractivity contribution is -0.123. The summed E-state index contributed by atoms with van der Waals surface area (Å²) in [5.74, 6) is -0.253. The quantitative estimate of drug-likeness (QED) is 0.279. The first kappa shape index (κ1) is 23.7. The fourth-order valence-corrected chi connectivity index (χ4v) is 5.63. The fourth-order valence-electron chi connectivity index (χ4n) is 3.34. The zero-order valence-electron chi connectivity index (χ0n) is 17.5. The molecular formula is C25H18Br2FNO3S. The van der Waals surface area contributed by atoms with Gasteiger partial charge in [-0.25, -0.2) is 4.39 Å². The van der Waals surface area contributed by atoms with Gasteiger partial charge in [0.1, 0.15) is 18.2 Å². The van der Waals surface area contributed by atoms with Crippen molar-refractivity contribution in [1.29, 1.82) is 0 Å². The highest BCUT2D eigenvalue weighted by atomic mass is 79.9. The van der Waals surface area contributed by atoms with Crippen molar-refractivity contribution < 1.29 is 18.7 Å². The number of carbonyl (C=O) groups is 2. The maximum absolute atomic E-state index is 14.0. The van der Waals surface area contributed by atoms with Crippen LogP contribution in [0.3, 0.4) is 0 Å². The van der Waals surface area contributed by atoms with E-state index in [1.54, 1.807) is 24.3 Å². The molecule has 0 radical (unpaired) electrons.